The Morgan fingerprint density at radius 2 is 1.87 bits per heavy atom. The second-order valence-corrected chi connectivity index (χ2v) is 11.3. The topological polar surface area (TPSA) is 88.5 Å². The van der Waals surface area contributed by atoms with Crippen LogP contribution in [0.25, 0.3) is 16.9 Å². The molecule has 0 aliphatic carbocycles. The number of hydrogen-bond donors (Lipinski definition) is 2. The van der Waals surface area contributed by atoms with E-state index in [9.17, 15) is 9.59 Å². The van der Waals surface area contributed by atoms with Crippen molar-refractivity contribution in [1.82, 2.24) is 19.8 Å². The average molecular weight is 538 g/mol. The number of ether oxygens (including phenoxy) is 1. The molecule has 1 aliphatic heterocycles. The highest BCUT2D eigenvalue weighted by atomic mass is 35.5. The largest absolute Gasteiger partial charge is 0.376 e. The molecule has 2 N–H and O–H groups in total. The molecule has 2 heterocycles. The molecule has 1 aromatic heterocycles. The number of rotatable bonds is 7. The number of amides is 3. The predicted octanol–water partition coefficient (Wildman–Crippen LogP) is 5.74. The summed E-state index contributed by atoms with van der Waals surface area (Å²) in [6.45, 7) is 10.7. The fourth-order valence-corrected chi connectivity index (χ4v) is 4.42. The normalized spacial score (nSPS) is 15.4. The summed E-state index contributed by atoms with van der Waals surface area (Å²) in [4.78, 5) is 32.6. The molecule has 0 spiro atoms. The predicted molar refractivity (Wildman–Crippen MR) is 151 cm³/mol. The van der Waals surface area contributed by atoms with Gasteiger partial charge in [0.15, 0.2) is 0 Å². The number of benzene rings is 2. The van der Waals surface area contributed by atoms with E-state index in [0.717, 1.165) is 29.7 Å². The Balaban J connectivity index is 1.61. The van der Waals surface area contributed by atoms with Crippen molar-refractivity contribution in [3.63, 3.8) is 0 Å². The van der Waals surface area contributed by atoms with Gasteiger partial charge >= 0.3 is 6.03 Å². The third-order valence-electron chi connectivity index (χ3n) is 6.42. The second kappa shape index (κ2) is 11.6. The van der Waals surface area contributed by atoms with Crippen molar-refractivity contribution in [2.75, 3.05) is 25.0 Å². The summed E-state index contributed by atoms with van der Waals surface area (Å²) < 4.78 is 7.60. The van der Waals surface area contributed by atoms with Crippen LogP contribution >= 0.6 is 11.6 Å². The zero-order valence-electron chi connectivity index (χ0n) is 22.7. The summed E-state index contributed by atoms with van der Waals surface area (Å²) in [7, 11) is 0. The van der Waals surface area contributed by atoms with Gasteiger partial charge in [-0.2, -0.15) is 0 Å². The highest BCUT2D eigenvalue weighted by Gasteiger charge is 2.27. The van der Waals surface area contributed by atoms with E-state index in [4.69, 9.17) is 21.3 Å². The standard InChI is InChI=1S/C29H36ClN5O3/c1-19-8-13-23(15-20(19)2)35-17-25(21-9-11-22(30)12-10-21)31-27(35)32-26(36)18-34(16-24-7-6-14-38-24)28(37)33-29(3,4)5/h8-13,15,17,24H,6-7,14,16,18H2,1-5H3,(H,33,37)(H,31,32,36)/t24-/m0/s1. The lowest BCUT2D eigenvalue weighted by molar-refractivity contribution is -0.117. The Morgan fingerprint density at radius 3 is 2.50 bits per heavy atom. The van der Waals surface area contributed by atoms with Crippen molar-refractivity contribution in [2.45, 2.75) is 59.1 Å². The number of anilines is 1. The Hall–Kier alpha value is -3.36. The molecule has 38 heavy (non-hydrogen) atoms. The number of hydrogen-bond acceptors (Lipinski definition) is 4. The molecule has 4 rings (SSSR count). The Bertz CT molecular complexity index is 1290. The summed E-state index contributed by atoms with van der Waals surface area (Å²) in [6, 6.07) is 13.2. The van der Waals surface area contributed by atoms with E-state index < -0.39 is 5.54 Å². The Labute approximate surface area is 229 Å². The van der Waals surface area contributed by atoms with Crippen molar-refractivity contribution in [3.05, 3.63) is 64.8 Å². The van der Waals surface area contributed by atoms with Gasteiger partial charge in [0, 0.05) is 41.2 Å². The maximum Gasteiger partial charge on any atom is 0.318 e. The molecule has 1 aliphatic rings. The minimum atomic E-state index is -0.435. The van der Waals surface area contributed by atoms with Gasteiger partial charge in [0.2, 0.25) is 11.9 Å². The first kappa shape index (κ1) is 27.7. The van der Waals surface area contributed by atoms with Gasteiger partial charge in [-0.1, -0.05) is 29.8 Å². The van der Waals surface area contributed by atoms with E-state index in [1.54, 1.807) is 12.1 Å². The van der Waals surface area contributed by atoms with Gasteiger partial charge < -0.3 is 15.0 Å². The van der Waals surface area contributed by atoms with Crippen molar-refractivity contribution < 1.29 is 14.3 Å². The first-order chi connectivity index (χ1) is 18.0. The zero-order chi connectivity index (χ0) is 27.4. The maximum atomic E-state index is 13.3. The van der Waals surface area contributed by atoms with Crippen LogP contribution in [-0.2, 0) is 9.53 Å². The first-order valence-corrected chi connectivity index (χ1v) is 13.3. The van der Waals surface area contributed by atoms with Crippen molar-refractivity contribution in [3.8, 4) is 16.9 Å². The smallest absolute Gasteiger partial charge is 0.318 e. The number of carbonyl (C=O) groups excluding carboxylic acids is 2. The SMILES string of the molecule is Cc1ccc(-n2cc(-c3ccc(Cl)cc3)nc2NC(=O)CN(C[C@@H]2CCCO2)C(=O)NC(C)(C)C)cc1C. The average Bonchev–Trinajstić information content (AvgIpc) is 3.50. The first-order valence-electron chi connectivity index (χ1n) is 12.9. The van der Waals surface area contributed by atoms with Crippen LogP contribution < -0.4 is 10.6 Å². The highest BCUT2D eigenvalue weighted by Crippen LogP contribution is 2.26. The molecular weight excluding hydrogens is 502 g/mol. The molecule has 0 unspecified atom stereocenters. The molecular formula is C29H36ClN5O3. The number of halogens is 1. The number of imidazole rings is 1. The molecule has 3 amide bonds. The lowest BCUT2D eigenvalue weighted by atomic mass is 10.1. The molecule has 0 saturated carbocycles. The van der Waals surface area contributed by atoms with E-state index in [-0.39, 0.29) is 24.6 Å². The summed E-state index contributed by atoms with van der Waals surface area (Å²) >= 11 is 6.08. The molecule has 0 radical (unpaired) electrons. The van der Waals surface area contributed by atoms with Gasteiger partial charge in [0.25, 0.3) is 0 Å². The monoisotopic (exact) mass is 537 g/mol. The summed E-state index contributed by atoms with van der Waals surface area (Å²) in [5.41, 5.74) is 4.30. The Morgan fingerprint density at radius 1 is 1.13 bits per heavy atom. The van der Waals surface area contributed by atoms with Crippen LogP contribution in [0.3, 0.4) is 0 Å². The van der Waals surface area contributed by atoms with Gasteiger partial charge in [0.1, 0.15) is 6.54 Å². The summed E-state index contributed by atoms with van der Waals surface area (Å²) in [5.74, 6) is 0.0295. The molecule has 0 bridgehead atoms. The minimum absolute atomic E-state index is 0.0810. The maximum absolute atomic E-state index is 13.3. The molecule has 3 aromatic rings. The minimum Gasteiger partial charge on any atom is -0.376 e. The van der Waals surface area contributed by atoms with Gasteiger partial charge in [0.05, 0.1) is 11.8 Å². The van der Waals surface area contributed by atoms with Crippen LogP contribution in [0.5, 0.6) is 0 Å². The van der Waals surface area contributed by atoms with E-state index in [2.05, 4.69) is 23.6 Å². The lowest BCUT2D eigenvalue weighted by Crippen LogP contribution is -2.52. The quantitative estimate of drug-likeness (QED) is 0.402. The van der Waals surface area contributed by atoms with Crippen molar-refractivity contribution in [2.24, 2.45) is 0 Å². The third-order valence-corrected chi connectivity index (χ3v) is 6.67. The van der Waals surface area contributed by atoms with Crippen LogP contribution in [-0.4, -0.2) is 57.7 Å². The van der Waals surface area contributed by atoms with Gasteiger partial charge in [-0.25, -0.2) is 9.78 Å². The van der Waals surface area contributed by atoms with E-state index >= 15 is 0 Å². The number of nitrogens with zero attached hydrogens (tertiary/aromatic N) is 3. The van der Waals surface area contributed by atoms with E-state index in [1.807, 2.05) is 62.7 Å². The van der Waals surface area contributed by atoms with E-state index in [0.29, 0.717) is 29.8 Å². The molecule has 2 aromatic carbocycles. The second-order valence-electron chi connectivity index (χ2n) is 10.8. The number of aromatic nitrogens is 2. The van der Waals surface area contributed by atoms with Gasteiger partial charge in [-0.3, -0.25) is 14.7 Å². The zero-order valence-corrected chi connectivity index (χ0v) is 23.4. The molecule has 1 saturated heterocycles. The van der Waals surface area contributed by atoms with Gasteiger partial charge in [-0.15, -0.1) is 0 Å². The molecule has 1 fully saturated rings. The number of nitrogens with one attached hydrogen (secondary N) is 2. The van der Waals surface area contributed by atoms with Crippen LogP contribution in [0.1, 0.15) is 44.7 Å². The van der Waals surface area contributed by atoms with Crippen LogP contribution in [0.2, 0.25) is 5.02 Å². The fraction of sp³-hybridized carbons (Fsp3) is 0.414. The molecule has 8 nitrogen and oxygen atoms in total. The number of aryl methyl sites for hydroxylation is 2. The van der Waals surface area contributed by atoms with E-state index in [1.165, 1.54) is 10.5 Å². The summed E-state index contributed by atoms with van der Waals surface area (Å²) in [5, 5.41) is 6.54. The lowest BCUT2D eigenvalue weighted by Gasteiger charge is -2.29. The van der Waals surface area contributed by atoms with Gasteiger partial charge in [-0.05, 0) is 82.9 Å². The van der Waals surface area contributed by atoms with Crippen molar-refractivity contribution >= 4 is 29.5 Å². The fourth-order valence-electron chi connectivity index (χ4n) is 4.29. The van der Waals surface area contributed by atoms with Crippen LogP contribution in [0, 0.1) is 13.8 Å². The number of carbonyl (C=O) groups is 2. The number of urea groups is 1. The van der Waals surface area contributed by atoms with Crippen molar-refractivity contribution in [1.29, 1.82) is 0 Å². The molecule has 9 heteroatoms. The van der Waals surface area contributed by atoms with Crippen LogP contribution in [0.15, 0.2) is 48.7 Å². The molecule has 202 valence electrons. The highest BCUT2D eigenvalue weighted by molar-refractivity contribution is 6.30. The summed E-state index contributed by atoms with van der Waals surface area (Å²) in [6.07, 6.45) is 3.62. The van der Waals surface area contributed by atoms with Crippen LogP contribution in [0.4, 0.5) is 10.7 Å². The Kier molecular flexibility index (Phi) is 8.43. The third kappa shape index (κ3) is 7.14. The molecule has 1 atom stereocenters.